The highest BCUT2D eigenvalue weighted by molar-refractivity contribution is 6.07. The molecule has 0 atom stereocenters. The third-order valence-electron chi connectivity index (χ3n) is 2.76. The first-order chi connectivity index (χ1) is 9.11. The second kappa shape index (κ2) is 5.38. The molecule has 0 aliphatic carbocycles. The van der Waals surface area contributed by atoms with E-state index >= 15 is 0 Å². The fourth-order valence-corrected chi connectivity index (χ4v) is 1.88. The first-order valence-electron chi connectivity index (χ1n) is 5.77. The first-order valence-corrected chi connectivity index (χ1v) is 5.77. The quantitative estimate of drug-likeness (QED) is 0.322. The minimum atomic E-state index is -0.825. The summed E-state index contributed by atoms with van der Waals surface area (Å²) in [6.45, 7) is 0.511. The maximum atomic E-state index is 10.5. The van der Waals surface area contributed by atoms with E-state index in [0.29, 0.717) is 18.5 Å². The van der Waals surface area contributed by atoms with Crippen molar-refractivity contribution in [3.63, 3.8) is 0 Å². The Hall–Kier alpha value is -2.57. The summed E-state index contributed by atoms with van der Waals surface area (Å²) in [5, 5.41) is 25.4. The topological polar surface area (TPSA) is 114 Å². The first kappa shape index (κ1) is 12.9. The Morgan fingerprint density at radius 1 is 1.47 bits per heavy atom. The summed E-state index contributed by atoms with van der Waals surface area (Å²) in [4.78, 5) is 10.5. The van der Waals surface area contributed by atoms with Crippen molar-refractivity contribution in [3.8, 4) is 0 Å². The van der Waals surface area contributed by atoms with Crippen LogP contribution in [-0.2, 0) is 11.3 Å². The van der Waals surface area contributed by atoms with Crippen LogP contribution in [0.2, 0.25) is 0 Å². The van der Waals surface area contributed by atoms with E-state index in [4.69, 9.17) is 16.0 Å². The molecule has 0 fully saturated rings. The van der Waals surface area contributed by atoms with E-state index < -0.39 is 5.97 Å². The summed E-state index contributed by atoms with van der Waals surface area (Å²) in [5.74, 6) is -0.801. The van der Waals surface area contributed by atoms with Gasteiger partial charge in [0.25, 0.3) is 0 Å². The van der Waals surface area contributed by atoms with Crippen LogP contribution in [0.4, 0.5) is 0 Å². The lowest BCUT2D eigenvalue weighted by molar-refractivity contribution is -0.137. The lowest BCUT2D eigenvalue weighted by atomic mass is 10.1. The van der Waals surface area contributed by atoms with Gasteiger partial charge in [-0.2, -0.15) is 5.10 Å². The molecule has 2 rings (SSSR count). The van der Waals surface area contributed by atoms with Crippen molar-refractivity contribution >= 4 is 22.7 Å². The number of aromatic nitrogens is 2. The van der Waals surface area contributed by atoms with Crippen molar-refractivity contribution in [2.24, 2.45) is 10.9 Å². The lowest BCUT2D eigenvalue weighted by Gasteiger charge is -1.98. The van der Waals surface area contributed by atoms with Crippen LogP contribution in [-0.4, -0.2) is 31.9 Å². The normalized spacial score (nSPS) is 11.9. The zero-order chi connectivity index (χ0) is 13.8. The van der Waals surface area contributed by atoms with E-state index in [9.17, 15) is 4.79 Å². The molecule has 1 aromatic carbocycles. The predicted octanol–water partition coefficient (Wildman–Crippen LogP) is 0.996. The van der Waals surface area contributed by atoms with Gasteiger partial charge in [-0.15, -0.1) is 0 Å². The molecule has 4 N–H and O–H groups in total. The number of nitrogens with two attached hydrogens (primary N) is 1. The van der Waals surface area contributed by atoms with Gasteiger partial charge in [0.15, 0.2) is 5.84 Å². The van der Waals surface area contributed by atoms with Gasteiger partial charge in [-0.05, 0) is 12.5 Å². The number of carbonyl (C=O) groups is 1. The van der Waals surface area contributed by atoms with E-state index in [1.54, 1.807) is 23.0 Å². The number of amidine groups is 1. The third-order valence-corrected chi connectivity index (χ3v) is 2.76. The Balaban J connectivity index is 2.27. The number of aryl methyl sites for hydroxylation is 1. The van der Waals surface area contributed by atoms with Gasteiger partial charge >= 0.3 is 5.97 Å². The molecule has 0 saturated heterocycles. The highest BCUT2D eigenvalue weighted by Gasteiger charge is 2.09. The number of hydrogen-bond donors (Lipinski definition) is 3. The van der Waals surface area contributed by atoms with Crippen LogP contribution in [0, 0.1) is 0 Å². The molecular formula is C12H14N4O3. The predicted molar refractivity (Wildman–Crippen MR) is 69.1 cm³/mol. The van der Waals surface area contributed by atoms with Gasteiger partial charge in [0.1, 0.15) is 0 Å². The van der Waals surface area contributed by atoms with Gasteiger partial charge < -0.3 is 16.0 Å². The summed E-state index contributed by atoms with van der Waals surface area (Å²) < 4.78 is 1.67. The van der Waals surface area contributed by atoms with Gasteiger partial charge in [-0.25, -0.2) is 0 Å². The molecule has 0 amide bonds. The Morgan fingerprint density at radius 2 is 2.26 bits per heavy atom. The summed E-state index contributed by atoms with van der Waals surface area (Å²) in [5.41, 5.74) is 6.92. The fraction of sp³-hybridized carbons (Fsp3) is 0.250. The smallest absolute Gasteiger partial charge is 0.303 e. The highest BCUT2D eigenvalue weighted by Crippen LogP contribution is 2.17. The Labute approximate surface area is 108 Å². The number of hydrogen-bond acceptors (Lipinski definition) is 4. The average Bonchev–Trinajstić information content (AvgIpc) is 2.79. The van der Waals surface area contributed by atoms with Crippen molar-refractivity contribution < 1.29 is 15.1 Å². The second-order valence-electron chi connectivity index (χ2n) is 4.11. The van der Waals surface area contributed by atoms with Crippen molar-refractivity contribution in [2.75, 3.05) is 0 Å². The minimum Gasteiger partial charge on any atom is -0.481 e. The summed E-state index contributed by atoms with van der Waals surface area (Å²) >= 11 is 0. The van der Waals surface area contributed by atoms with Crippen LogP contribution in [0.5, 0.6) is 0 Å². The molecule has 0 radical (unpaired) electrons. The molecule has 7 nitrogen and oxygen atoms in total. The number of aliphatic carboxylic acids is 1. The SMILES string of the molecule is NC(=NO)c1cccc2nn(CCCC(=O)O)cc12. The molecule has 1 aromatic heterocycles. The largest absolute Gasteiger partial charge is 0.481 e. The molecule has 2 aromatic rings. The van der Waals surface area contributed by atoms with Crippen LogP contribution in [0.15, 0.2) is 29.6 Å². The number of rotatable bonds is 5. The van der Waals surface area contributed by atoms with Crippen LogP contribution in [0.1, 0.15) is 18.4 Å². The number of oxime groups is 1. The van der Waals surface area contributed by atoms with E-state index in [2.05, 4.69) is 10.3 Å². The van der Waals surface area contributed by atoms with E-state index in [1.807, 2.05) is 6.07 Å². The number of carboxylic acid groups (broad SMARTS) is 1. The molecule has 19 heavy (non-hydrogen) atoms. The van der Waals surface area contributed by atoms with Crippen LogP contribution < -0.4 is 5.73 Å². The Kier molecular flexibility index (Phi) is 3.65. The second-order valence-corrected chi connectivity index (χ2v) is 4.11. The third kappa shape index (κ3) is 2.82. The molecule has 0 unspecified atom stereocenters. The molecule has 7 heteroatoms. The molecule has 0 spiro atoms. The van der Waals surface area contributed by atoms with Crippen LogP contribution in [0.25, 0.3) is 10.9 Å². The molecular weight excluding hydrogens is 248 g/mol. The summed E-state index contributed by atoms with van der Waals surface area (Å²) in [7, 11) is 0. The van der Waals surface area contributed by atoms with Gasteiger partial charge in [0, 0.05) is 30.1 Å². The molecule has 1 heterocycles. The summed E-state index contributed by atoms with van der Waals surface area (Å²) in [6, 6.07) is 5.32. The number of nitrogens with zero attached hydrogens (tertiary/aromatic N) is 3. The van der Waals surface area contributed by atoms with E-state index in [1.165, 1.54) is 0 Å². The molecule has 0 saturated carbocycles. The van der Waals surface area contributed by atoms with Gasteiger partial charge in [-0.1, -0.05) is 17.3 Å². The van der Waals surface area contributed by atoms with Crippen LogP contribution >= 0.6 is 0 Å². The number of carboxylic acids is 1. The van der Waals surface area contributed by atoms with Crippen molar-refractivity contribution in [1.29, 1.82) is 0 Å². The summed E-state index contributed by atoms with van der Waals surface area (Å²) in [6.07, 6.45) is 2.37. The minimum absolute atomic E-state index is 0.0238. The Bertz CT molecular complexity index is 633. The van der Waals surface area contributed by atoms with Crippen molar-refractivity contribution in [1.82, 2.24) is 9.78 Å². The maximum Gasteiger partial charge on any atom is 0.303 e. The lowest BCUT2D eigenvalue weighted by Crippen LogP contribution is -2.13. The van der Waals surface area contributed by atoms with Gasteiger partial charge in [-0.3, -0.25) is 9.48 Å². The number of benzene rings is 1. The zero-order valence-corrected chi connectivity index (χ0v) is 10.2. The van der Waals surface area contributed by atoms with Gasteiger partial charge in [0.2, 0.25) is 0 Å². The molecule has 0 bridgehead atoms. The average molecular weight is 262 g/mol. The van der Waals surface area contributed by atoms with Crippen LogP contribution in [0.3, 0.4) is 0 Å². The number of fused-ring (bicyclic) bond motifs is 1. The zero-order valence-electron chi connectivity index (χ0n) is 10.2. The standard InChI is InChI=1S/C12H14N4O3/c13-12(15-19)8-3-1-4-10-9(8)7-16(14-10)6-2-5-11(17)18/h1,3-4,7,19H,2,5-6H2,(H2,13,15)(H,17,18). The molecule has 0 aliphatic heterocycles. The molecule has 0 aliphatic rings. The molecule has 100 valence electrons. The van der Waals surface area contributed by atoms with Crippen molar-refractivity contribution in [3.05, 3.63) is 30.0 Å². The van der Waals surface area contributed by atoms with E-state index in [-0.39, 0.29) is 12.3 Å². The highest BCUT2D eigenvalue weighted by atomic mass is 16.4. The van der Waals surface area contributed by atoms with Crippen molar-refractivity contribution in [2.45, 2.75) is 19.4 Å². The van der Waals surface area contributed by atoms with Gasteiger partial charge in [0.05, 0.1) is 5.52 Å². The Morgan fingerprint density at radius 3 is 2.95 bits per heavy atom. The fourth-order valence-electron chi connectivity index (χ4n) is 1.88. The monoisotopic (exact) mass is 262 g/mol. The maximum absolute atomic E-state index is 10.5. The van der Waals surface area contributed by atoms with E-state index in [0.717, 1.165) is 10.9 Å².